The molecule has 0 spiro atoms. The molecule has 1 aliphatic rings. The van der Waals surface area contributed by atoms with Gasteiger partial charge in [0, 0.05) is 35.6 Å². The molecular weight excluding hydrogens is 378 g/mol. The Kier molecular flexibility index (Phi) is 5.07. The molecule has 2 amide bonds. The van der Waals surface area contributed by atoms with E-state index < -0.39 is 0 Å². The number of rotatable bonds is 4. The number of hydrogen-bond donors (Lipinski definition) is 0. The molecule has 0 atom stereocenters. The molecular formula is C16H16BrN3O2S. The predicted octanol–water partition coefficient (Wildman–Crippen LogP) is 2.71. The van der Waals surface area contributed by atoms with Crippen molar-refractivity contribution >= 4 is 44.2 Å². The van der Waals surface area contributed by atoms with Gasteiger partial charge < -0.3 is 4.90 Å². The highest BCUT2D eigenvalue weighted by atomic mass is 79.9. The summed E-state index contributed by atoms with van der Waals surface area (Å²) in [6.07, 6.45) is 2.76. The number of benzene rings is 1. The van der Waals surface area contributed by atoms with Crippen LogP contribution in [0.25, 0.3) is 0 Å². The van der Waals surface area contributed by atoms with E-state index >= 15 is 0 Å². The van der Waals surface area contributed by atoms with Crippen molar-refractivity contribution in [2.45, 2.75) is 12.8 Å². The molecule has 5 nitrogen and oxygen atoms in total. The minimum absolute atomic E-state index is 0.0212. The van der Waals surface area contributed by atoms with Crippen LogP contribution in [0.1, 0.15) is 12.0 Å². The van der Waals surface area contributed by atoms with Gasteiger partial charge in [0.15, 0.2) is 5.13 Å². The van der Waals surface area contributed by atoms with Crippen LogP contribution in [0.15, 0.2) is 40.3 Å². The van der Waals surface area contributed by atoms with E-state index in [9.17, 15) is 9.59 Å². The number of aryl methyl sites for hydroxylation is 1. The first-order chi connectivity index (χ1) is 11.1. The van der Waals surface area contributed by atoms with Crippen molar-refractivity contribution < 1.29 is 9.59 Å². The summed E-state index contributed by atoms with van der Waals surface area (Å²) in [4.78, 5) is 32.0. The standard InChI is InChI=1S/C16H16BrN3O2S/c17-13-4-2-1-3-12(13)5-6-14(21)19-8-9-20(15(22)11-19)16-18-7-10-23-16/h1-4,7,10H,5-6,8-9,11H2. The fourth-order valence-corrected chi connectivity index (χ4v) is 3.71. The number of aromatic nitrogens is 1. The smallest absolute Gasteiger partial charge is 0.248 e. The summed E-state index contributed by atoms with van der Waals surface area (Å²) < 4.78 is 1.01. The molecule has 1 saturated heterocycles. The van der Waals surface area contributed by atoms with E-state index in [1.165, 1.54) is 11.3 Å². The second kappa shape index (κ2) is 7.23. The maximum atomic E-state index is 12.3. The third kappa shape index (κ3) is 3.79. The highest BCUT2D eigenvalue weighted by Crippen LogP contribution is 2.21. The zero-order valence-electron chi connectivity index (χ0n) is 12.4. The van der Waals surface area contributed by atoms with Crippen molar-refractivity contribution in [3.63, 3.8) is 0 Å². The molecule has 0 bridgehead atoms. The van der Waals surface area contributed by atoms with Gasteiger partial charge in [-0.15, -0.1) is 11.3 Å². The minimum Gasteiger partial charge on any atom is -0.332 e. The molecule has 1 aliphatic heterocycles. The van der Waals surface area contributed by atoms with Gasteiger partial charge in [-0.2, -0.15) is 0 Å². The van der Waals surface area contributed by atoms with Crippen molar-refractivity contribution in [2.24, 2.45) is 0 Å². The Balaban J connectivity index is 1.55. The molecule has 2 aromatic rings. The molecule has 2 heterocycles. The van der Waals surface area contributed by atoms with Gasteiger partial charge in [-0.1, -0.05) is 34.1 Å². The van der Waals surface area contributed by atoms with Gasteiger partial charge in [-0.05, 0) is 18.1 Å². The van der Waals surface area contributed by atoms with Crippen LogP contribution in [0.3, 0.4) is 0 Å². The van der Waals surface area contributed by atoms with Crippen LogP contribution in [0.5, 0.6) is 0 Å². The molecule has 1 fully saturated rings. The maximum absolute atomic E-state index is 12.3. The zero-order chi connectivity index (χ0) is 16.2. The van der Waals surface area contributed by atoms with Crippen LogP contribution in [-0.2, 0) is 16.0 Å². The summed E-state index contributed by atoms with van der Waals surface area (Å²) in [7, 11) is 0. The van der Waals surface area contributed by atoms with Gasteiger partial charge in [0.05, 0.1) is 0 Å². The lowest BCUT2D eigenvalue weighted by molar-refractivity contribution is -0.136. The molecule has 0 N–H and O–H groups in total. The second-order valence-electron chi connectivity index (χ2n) is 5.27. The quantitative estimate of drug-likeness (QED) is 0.802. The largest absolute Gasteiger partial charge is 0.332 e. The molecule has 0 radical (unpaired) electrons. The third-order valence-corrected chi connectivity index (χ3v) is 5.36. The van der Waals surface area contributed by atoms with E-state index in [0.29, 0.717) is 31.1 Å². The second-order valence-corrected chi connectivity index (χ2v) is 6.99. The van der Waals surface area contributed by atoms with Crippen molar-refractivity contribution in [1.29, 1.82) is 0 Å². The lowest BCUT2D eigenvalue weighted by atomic mass is 10.1. The van der Waals surface area contributed by atoms with Crippen LogP contribution in [-0.4, -0.2) is 41.3 Å². The Bertz CT molecular complexity index is 705. The van der Waals surface area contributed by atoms with E-state index in [2.05, 4.69) is 20.9 Å². The molecule has 0 unspecified atom stereocenters. The minimum atomic E-state index is -0.0690. The topological polar surface area (TPSA) is 53.5 Å². The summed E-state index contributed by atoms with van der Waals surface area (Å²) in [5.74, 6) is -0.0478. The van der Waals surface area contributed by atoms with Crippen LogP contribution >= 0.6 is 27.3 Å². The summed E-state index contributed by atoms with van der Waals surface area (Å²) in [5, 5.41) is 2.55. The number of piperazine rings is 1. The number of halogens is 1. The summed E-state index contributed by atoms with van der Waals surface area (Å²) in [6.45, 7) is 1.20. The highest BCUT2D eigenvalue weighted by Gasteiger charge is 2.28. The van der Waals surface area contributed by atoms with Crippen LogP contribution in [0.4, 0.5) is 5.13 Å². The van der Waals surface area contributed by atoms with Crippen LogP contribution in [0, 0.1) is 0 Å². The molecule has 1 aromatic carbocycles. The molecule has 3 rings (SSSR count). The Morgan fingerprint density at radius 3 is 2.83 bits per heavy atom. The molecule has 1 aromatic heterocycles. The summed E-state index contributed by atoms with van der Waals surface area (Å²) in [5.41, 5.74) is 1.11. The van der Waals surface area contributed by atoms with Gasteiger partial charge in [0.2, 0.25) is 11.8 Å². The molecule has 7 heteroatoms. The fourth-order valence-electron chi connectivity index (χ4n) is 2.54. The van der Waals surface area contributed by atoms with Crippen molar-refractivity contribution in [3.05, 3.63) is 45.9 Å². The number of nitrogens with zero attached hydrogens (tertiary/aromatic N) is 3. The average molecular weight is 394 g/mol. The van der Waals surface area contributed by atoms with Crippen molar-refractivity contribution in [3.8, 4) is 0 Å². The van der Waals surface area contributed by atoms with Gasteiger partial charge in [0.25, 0.3) is 0 Å². The molecule has 0 aliphatic carbocycles. The van der Waals surface area contributed by atoms with Crippen molar-refractivity contribution in [2.75, 3.05) is 24.5 Å². The van der Waals surface area contributed by atoms with E-state index in [-0.39, 0.29) is 18.4 Å². The molecule has 0 saturated carbocycles. The molecule has 120 valence electrons. The summed E-state index contributed by atoms with van der Waals surface area (Å²) >= 11 is 4.93. The first-order valence-corrected chi connectivity index (χ1v) is 9.03. The highest BCUT2D eigenvalue weighted by molar-refractivity contribution is 9.10. The number of hydrogen-bond acceptors (Lipinski definition) is 4. The Morgan fingerprint density at radius 2 is 2.13 bits per heavy atom. The Hall–Kier alpha value is -1.73. The fraction of sp³-hybridized carbons (Fsp3) is 0.312. The monoisotopic (exact) mass is 393 g/mol. The lowest BCUT2D eigenvalue weighted by Gasteiger charge is -2.33. The van der Waals surface area contributed by atoms with Gasteiger partial charge in [0.1, 0.15) is 6.54 Å². The number of carbonyl (C=O) groups excluding carboxylic acids is 2. The average Bonchev–Trinajstić information content (AvgIpc) is 3.08. The maximum Gasteiger partial charge on any atom is 0.248 e. The number of anilines is 1. The zero-order valence-corrected chi connectivity index (χ0v) is 14.8. The van der Waals surface area contributed by atoms with E-state index in [4.69, 9.17) is 0 Å². The summed E-state index contributed by atoms with van der Waals surface area (Å²) in [6, 6.07) is 7.88. The van der Waals surface area contributed by atoms with E-state index in [1.54, 1.807) is 16.0 Å². The van der Waals surface area contributed by atoms with Gasteiger partial charge in [-0.25, -0.2) is 4.98 Å². The number of carbonyl (C=O) groups is 2. The van der Waals surface area contributed by atoms with Crippen molar-refractivity contribution in [1.82, 2.24) is 9.88 Å². The van der Waals surface area contributed by atoms with E-state index in [1.807, 2.05) is 29.6 Å². The number of thiazole rings is 1. The van der Waals surface area contributed by atoms with Crippen LogP contribution in [0.2, 0.25) is 0 Å². The molecule has 23 heavy (non-hydrogen) atoms. The Labute approximate surface area is 147 Å². The lowest BCUT2D eigenvalue weighted by Crippen LogP contribution is -2.52. The van der Waals surface area contributed by atoms with Crippen LogP contribution < -0.4 is 4.90 Å². The first-order valence-electron chi connectivity index (χ1n) is 7.36. The Morgan fingerprint density at radius 1 is 1.30 bits per heavy atom. The first kappa shape index (κ1) is 16.1. The predicted molar refractivity (Wildman–Crippen MR) is 93.5 cm³/mol. The van der Waals surface area contributed by atoms with Gasteiger partial charge >= 0.3 is 0 Å². The van der Waals surface area contributed by atoms with E-state index in [0.717, 1.165) is 10.0 Å². The number of amides is 2. The van der Waals surface area contributed by atoms with Gasteiger partial charge in [-0.3, -0.25) is 14.5 Å². The normalized spacial score (nSPS) is 15.1. The third-order valence-electron chi connectivity index (χ3n) is 3.79. The SMILES string of the molecule is O=C(CCc1ccccc1Br)N1CCN(c2nccs2)C(=O)C1.